The number of ether oxygens (including phenoxy) is 1. The van der Waals surface area contributed by atoms with Crippen molar-refractivity contribution in [1.82, 2.24) is 19.7 Å². The van der Waals surface area contributed by atoms with Crippen molar-refractivity contribution in [3.63, 3.8) is 0 Å². The number of aromatic nitrogens is 4. The van der Waals surface area contributed by atoms with Crippen molar-refractivity contribution in [3.05, 3.63) is 54.9 Å². The monoisotopic (exact) mass is 394 g/mol. The summed E-state index contributed by atoms with van der Waals surface area (Å²) in [6.07, 6.45) is 9.02. The lowest BCUT2D eigenvalue weighted by atomic mass is 9.98. The SMILES string of the molecule is O=C(CSc1nnc(-c2cccnc2)n1-c1ccccc1)OC1CCCCC1. The Morgan fingerprint density at radius 3 is 2.64 bits per heavy atom. The quantitative estimate of drug-likeness (QED) is 0.459. The Hall–Kier alpha value is -2.67. The van der Waals surface area contributed by atoms with Gasteiger partial charge in [0.1, 0.15) is 6.10 Å². The van der Waals surface area contributed by atoms with Crippen LogP contribution in [0.15, 0.2) is 60.0 Å². The van der Waals surface area contributed by atoms with Gasteiger partial charge in [0.05, 0.1) is 5.75 Å². The third kappa shape index (κ3) is 4.42. The van der Waals surface area contributed by atoms with E-state index in [1.54, 1.807) is 12.4 Å². The Kier molecular flexibility index (Phi) is 6.01. The summed E-state index contributed by atoms with van der Waals surface area (Å²) in [5.41, 5.74) is 1.81. The third-order valence-corrected chi connectivity index (χ3v) is 5.64. The summed E-state index contributed by atoms with van der Waals surface area (Å²) in [4.78, 5) is 16.5. The van der Waals surface area contributed by atoms with Crippen LogP contribution < -0.4 is 0 Å². The molecule has 0 atom stereocenters. The molecule has 1 saturated carbocycles. The van der Waals surface area contributed by atoms with E-state index in [2.05, 4.69) is 15.2 Å². The van der Waals surface area contributed by atoms with Crippen molar-refractivity contribution in [2.24, 2.45) is 0 Å². The van der Waals surface area contributed by atoms with Crippen LogP contribution in [0.1, 0.15) is 32.1 Å². The molecule has 0 unspecified atom stereocenters. The second-order valence-corrected chi connectivity index (χ2v) is 7.70. The topological polar surface area (TPSA) is 69.9 Å². The predicted octanol–water partition coefficient (Wildman–Crippen LogP) is 4.30. The number of hydrogen-bond donors (Lipinski definition) is 0. The van der Waals surface area contributed by atoms with Crippen LogP contribution in [-0.2, 0) is 9.53 Å². The molecule has 144 valence electrons. The average Bonchev–Trinajstić information content (AvgIpc) is 3.18. The Labute approximate surface area is 168 Å². The van der Waals surface area contributed by atoms with Crippen molar-refractivity contribution < 1.29 is 9.53 Å². The maximum Gasteiger partial charge on any atom is 0.316 e. The minimum Gasteiger partial charge on any atom is -0.462 e. The summed E-state index contributed by atoms with van der Waals surface area (Å²) in [5, 5.41) is 9.34. The van der Waals surface area contributed by atoms with E-state index < -0.39 is 0 Å². The van der Waals surface area contributed by atoms with Crippen LogP contribution in [-0.4, -0.2) is 37.6 Å². The highest BCUT2D eigenvalue weighted by Crippen LogP contribution is 2.28. The van der Waals surface area contributed by atoms with Crippen LogP contribution in [0.4, 0.5) is 0 Å². The molecule has 1 aliphatic rings. The van der Waals surface area contributed by atoms with Gasteiger partial charge in [0.15, 0.2) is 11.0 Å². The second-order valence-electron chi connectivity index (χ2n) is 6.76. The summed E-state index contributed by atoms with van der Waals surface area (Å²) in [7, 11) is 0. The van der Waals surface area contributed by atoms with Crippen LogP contribution in [0.2, 0.25) is 0 Å². The van der Waals surface area contributed by atoms with E-state index in [0.717, 1.165) is 36.9 Å². The zero-order chi connectivity index (χ0) is 19.2. The predicted molar refractivity (Wildman–Crippen MR) is 108 cm³/mol. The lowest BCUT2D eigenvalue weighted by Crippen LogP contribution is -2.22. The summed E-state index contributed by atoms with van der Waals surface area (Å²) < 4.78 is 7.58. The number of pyridine rings is 1. The van der Waals surface area contributed by atoms with Gasteiger partial charge in [0.25, 0.3) is 0 Å². The van der Waals surface area contributed by atoms with Gasteiger partial charge in [-0.05, 0) is 49.9 Å². The Morgan fingerprint density at radius 2 is 1.89 bits per heavy atom. The molecule has 6 nitrogen and oxygen atoms in total. The van der Waals surface area contributed by atoms with E-state index in [-0.39, 0.29) is 17.8 Å². The number of hydrogen-bond acceptors (Lipinski definition) is 6. The average molecular weight is 395 g/mol. The molecule has 1 aromatic carbocycles. The molecule has 4 rings (SSSR count). The number of carbonyl (C=O) groups excluding carboxylic acids is 1. The molecule has 7 heteroatoms. The Balaban J connectivity index is 1.53. The maximum atomic E-state index is 12.3. The molecule has 0 saturated heterocycles. The largest absolute Gasteiger partial charge is 0.462 e. The van der Waals surface area contributed by atoms with Crippen molar-refractivity contribution >= 4 is 17.7 Å². The first-order valence-electron chi connectivity index (χ1n) is 9.55. The number of benzene rings is 1. The van der Waals surface area contributed by atoms with Gasteiger partial charge in [0, 0.05) is 23.6 Å². The Morgan fingerprint density at radius 1 is 1.07 bits per heavy atom. The molecule has 1 aliphatic carbocycles. The minimum atomic E-state index is -0.192. The molecule has 3 aromatic rings. The summed E-state index contributed by atoms with van der Waals surface area (Å²) in [6.45, 7) is 0. The highest BCUT2D eigenvalue weighted by atomic mass is 32.2. The molecule has 0 bridgehead atoms. The van der Waals surface area contributed by atoms with Gasteiger partial charge in [-0.1, -0.05) is 36.4 Å². The molecule has 1 fully saturated rings. The van der Waals surface area contributed by atoms with E-state index in [0.29, 0.717) is 11.0 Å². The van der Waals surface area contributed by atoms with Crippen molar-refractivity contribution in [2.45, 2.75) is 43.4 Å². The van der Waals surface area contributed by atoms with Crippen molar-refractivity contribution in [1.29, 1.82) is 0 Å². The van der Waals surface area contributed by atoms with Gasteiger partial charge in [-0.3, -0.25) is 14.3 Å². The first-order valence-corrected chi connectivity index (χ1v) is 10.5. The van der Waals surface area contributed by atoms with Crippen molar-refractivity contribution in [2.75, 3.05) is 5.75 Å². The number of thioether (sulfide) groups is 1. The van der Waals surface area contributed by atoms with Crippen molar-refractivity contribution in [3.8, 4) is 17.1 Å². The normalized spacial score (nSPS) is 14.7. The standard InChI is InChI=1S/C21H22N4O2S/c26-19(27-18-11-5-2-6-12-18)15-28-21-24-23-20(16-8-7-13-22-14-16)25(21)17-9-3-1-4-10-17/h1,3-4,7-10,13-14,18H,2,5-6,11-12,15H2. The Bertz CT molecular complexity index is 909. The van der Waals surface area contributed by atoms with E-state index in [9.17, 15) is 4.79 Å². The van der Waals surface area contributed by atoms with Gasteiger partial charge >= 0.3 is 5.97 Å². The number of rotatable bonds is 6. The molecule has 0 aliphatic heterocycles. The fraction of sp³-hybridized carbons (Fsp3) is 0.333. The lowest BCUT2D eigenvalue weighted by Gasteiger charge is -2.21. The first kappa shape index (κ1) is 18.7. The summed E-state index contributed by atoms with van der Waals surface area (Å²) >= 11 is 1.35. The smallest absolute Gasteiger partial charge is 0.316 e. The van der Waals surface area contributed by atoms with Gasteiger partial charge < -0.3 is 4.74 Å². The fourth-order valence-corrected chi connectivity index (χ4v) is 4.12. The van der Waals surface area contributed by atoms with Gasteiger partial charge in [-0.2, -0.15) is 0 Å². The zero-order valence-corrected chi connectivity index (χ0v) is 16.3. The van der Waals surface area contributed by atoms with E-state index in [1.165, 1.54) is 18.2 Å². The summed E-state index contributed by atoms with van der Waals surface area (Å²) in [6, 6.07) is 13.7. The van der Waals surface area contributed by atoms with Crippen LogP contribution >= 0.6 is 11.8 Å². The first-order chi connectivity index (χ1) is 13.8. The second kappa shape index (κ2) is 9.01. The van der Waals surface area contributed by atoms with Crippen LogP contribution in [0.3, 0.4) is 0 Å². The van der Waals surface area contributed by atoms with Crippen LogP contribution in [0.5, 0.6) is 0 Å². The number of para-hydroxylation sites is 1. The minimum absolute atomic E-state index is 0.0693. The maximum absolute atomic E-state index is 12.3. The highest BCUT2D eigenvalue weighted by Gasteiger charge is 2.20. The number of carbonyl (C=O) groups is 1. The number of nitrogens with zero attached hydrogens (tertiary/aromatic N) is 4. The fourth-order valence-electron chi connectivity index (χ4n) is 3.38. The van der Waals surface area contributed by atoms with Crippen LogP contribution in [0, 0.1) is 0 Å². The van der Waals surface area contributed by atoms with Gasteiger partial charge in [0.2, 0.25) is 0 Å². The molecule has 0 N–H and O–H groups in total. The van der Waals surface area contributed by atoms with E-state index in [4.69, 9.17) is 4.74 Å². The molecule has 0 radical (unpaired) electrons. The van der Waals surface area contributed by atoms with Gasteiger partial charge in [-0.15, -0.1) is 10.2 Å². The molecule has 0 amide bonds. The molecule has 2 heterocycles. The van der Waals surface area contributed by atoms with E-state index >= 15 is 0 Å². The van der Waals surface area contributed by atoms with Crippen LogP contribution in [0.25, 0.3) is 17.1 Å². The molecule has 0 spiro atoms. The number of esters is 1. The zero-order valence-electron chi connectivity index (χ0n) is 15.5. The summed E-state index contributed by atoms with van der Waals surface area (Å²) in [5.74, 6) is 0.721. The molecular weight excluding hydrogens is 372 g/mol. The molecular formula is C21H22N4O2S. The lowest BCUT2D eigenvalue weighted by molar-refractivity contribution is -0.147. The van der Waals surface area contributed by atoms with Gasteiger partial charge in [-0.25, -0.2) is 0 Å². The molecule has 28 heavy (non-hydrogen) atoms. The van der Waals surface area contributed by atoms with E-state index in [1.807, 2.05) is 47.0 Å². The highest BCUT2D eigenvalue weighted by molar-refractivity contribution is 7.99. The third-order valence-electron chi connectivity index (χ3n) is 4.74. The molecule has 2 aromatic heterocycles.